The van der Waals surface area contributed by atoms with Gasteiger partial charge in [-0.1, -0.05) is 66.8 Å². The van der Waals surface area contributed by atoms with Gasteiger partial charge in [0.15, 0.2) is 0 Å². The van der Waals surface area contributed by atoms with Crippen LogP contribution in [0, 0.1) is 11.3 Å². The van der Waals surface area contributed by atoms with Gasteiger partial charge in [0.25, 0.3) is 0 Å². The molecule has 0 radical (unpaired) electrons. The summed E-state index contributed by atoms with van der Waals surface area (Å²) in [6.45, 7) is 8.82. The Morgan fingerprint density at radius 3 is 2.58 bits per heavy atom. The standard InChI is InChI=1S/C32H34N4/c1-4-13-29-27(5-2)35(26-16-7-6-8-17-26)28-18-9-10-19-30(28)36(29)32(3)20-11-14-24(22-32)31-25(23-33)15-12-21-34-31/h4-10,12-19,21,27-30H,2,11,20,22H2,1,3H3/b13-4-. The summed E-state index contributed by atoms with van der Waals surface area (Å²) in [6, 6.07) is 17.4. The minimum Gasteiger partial charge on any atom is -0.355 e. The molecule has 5 atom stereocenters. The molecule has 2 heterocycles. The molecular formula is C32H34N4. The number of aromatic nitrogens is 1. The predicted molar refractivity (Wildman–Crippen MR) is 148 cm³/mol. The van der Waals surface area contributed by atoms with Crippen LogP contribution >= 0.6 is 0 Å². The van der Waals surface area contributed by atoms with Gasteiger partial charge in [-0.3, -0.25) is 9.88 Å². The lowest BCUT2D eigenvalue weighted by Crippen LogP contribution is -2.72. The fourth-order valence-corrected chi connectivity index (χ4v) is 6.43. The zero-order valence-electron chi connectivity index (χ0n) is 21.2. The van der Waals surface area contributed by atoms with Gasteiger partial charge < -0.3 is 4.90 Å². The predicted octanol–water partition coefficient (Wildman–Crippen LogP) is 6.46. The summed E-state index contributed by atoms with van der Waals surface area (Å²) >= 11 is 0. The van der Waals surface area contributed by atoms with Crippen molar-refractivity contribution in [1.82, 2.24) is 9.88 Å². The number of allylic oxidation sites excluding steroid dienone is 4. The highest BCUT2D eigenvalue weighted by molar-refractivity contribution is 5.69. The van der Waals surface area contributed by atoms with Gasteiger partial charge in [-0.15, -0.1) is 6.58 Å². The number of nitriles is 1. The minimum absolute atomic E-state index is 0.108. The molecule has 2 aliphatic carbocycles. The molecule has 1 saturated heterocycles. The van der Waals surface area contributed by atoms with Crippen LogP contribution in [0.1, 0.15) is 44.4 Å². The van der Waals surface area contributed by atoms with Gasteiger partial charge in [0, 0.05) is 17.4 Å². The highest BCUT2D eigenvalue weighted by atomic mass is 15.4. The SMILES string of the molecule is C=CC1C(/C=C\C)N(C2(C)CCC=C(c3ncccc3C#N)C2)C2C=CC=CC2N1c1ccccc1. The Bertz CT molecular complexity index is 1260. The van der Waals surface area contributed by atoms with E-state index < -0.39 is 0 Å². The quantitative estimate of drug-likeness (QED) is 0.466. The van der Waals surface area contributed by atoms with E-state index in [0.717, 1.165) is 25.0 Å². The number of hydrogen-bond donors (Lipinski definition) is 0. The first-order valence-corrected chi connectivity index (χ1v) is 12.9. The van der Waals surface area contributed by atoms with Gasteiger partial charge >= 0.3 is 0 Å². The van der Waals surface area contributed by atoms with E-state index in [0.29, 0.717) is 5.56 Å². The van der Waals surface area contributed by atoms with Crippen LogP contribution < -0.4 is 4.90 Å². The van der Waals surface area contributed by atoms with Gasteiger partial charge in [0.1, 0.15) is 6.07 Å². The van der Waals surface area contributed by atoms with Crippen LogP contribution in [-0.4, -0.2) is 39.6 Å². The number of para-hydroxylation sites is 1. The van der Waals surface area contributed by atoms with E-state index in [1.165, 1.54) is 11.3 Å². The molecule has 5 unspecified atom stereocenters. The monoisotopic (exact) mass is 474 g/mol. The van der Waals surface area contributed by atoms with Gasteiger partial charge in [-0.25, -0.2) is 0 Å². The van der Waals surface area contributed by atoms with Crippen molar-refractivity contribution in [2.24, 2.45) is 0 Å². The molecule has 5 rings (SSSR count). The van der Waals surface area contributed by atoms with Gasteiger partial charge in [0.05, 0.1) is 35.4 Å². The van der Waals surface area contributed by atoms with Crippen molar-refractivity contribution in [3.8, 4) is 6.07 Å². The fraction of sp³-hybridized carbons (Fsp3) is 0.312. The Hall–Kier alpha value is -3.68. The summed E-state index contributed by atoms with van der Waals surface area (Å²) in [6.07, 6.45) is 22.6. The molecule has 1 aromatic carbocycles. The Labute approximate surface area is 215 Å². The average Bonchev–Trinajstić information content (AvgIpc) is 2.92. The highest BCUT2D eigenvalue weighted by Gasteiger charge is 2.51. The van der Waals surface area contributed by atoms with Crippen molar-refractivity contribution in [1.29, 1.82) is 5.26 Å². The number of pyridine rings is 1. The molecule has 0 bridgehead atoms. The molecule has 4 heteroatoms. The van der Waals surface area contributed by atoms with E-state index >= 15 is 0 Å². The number of fused-ring (bicyclic) bond motifs is 1. The molecule has 0 spiro atoms. The molecule has 3 aliphatic rings. The number of benzene rings is 1. The van der Waals surface area contributed by atoms with Crippen LogP contribution in [0.5, 0.6) is 0 Å². The van der Waals surface area contributed by atoms with E-state index in [1.54, 1.807) is 6.20 Å². The molecule has 36 heavy (non-hydrogen) atoms. The molecule has 1 aliphatic heterocycles. The molecule has 0 N–H and O–H groups in total. The summed E-state index contributed by atoms with van der Waals surface area (Å²) in [5.74, 6) is 0. The maximum absolute atomic E-state index is 9.73. The lowest BCUT2D eigenvalue weighted by Gasteiger charge is -2.61. The first-order chi connectivity index (χ1) is 17.6. The van der Waals surface area contributed by atoms with E-state index in [9.17, 15) is 5.26 Å². The van der Waals surface area contributed by atoms with Gasteiger partial charge in [0.2, 0.25) is 0 Å². The van der Waals surface area contributed by atoms with E-state index in [-0.39, 0.29) is 29.7 Å². The van der Waals surface area contributed by atoms with Crippen molar-refractivity contribution in [3.05, 3.63) is 115 Å². The zero-order chi connectivity index (χ0) is 25.1. The number of anilines is 1. The fourth-order valence-electron chi connectivity index (χ4n) is 6.43. The summed E-state index contributed by atoms with van der Waals surface area (Å²) < 4.78 is 0. The molecule has 182 valence electrons. The maximum Gasteiger partial charge on any atom is 0.101 e. The Morgan fingerprint density at radius 2 is 1.86 bits per heavy atom. The summed E-state index contributed by atoms with van der Waals surface area (Å²) in [4.78, 5) is 9.89. The van der Waals surface area contributed by atoms with Crippen molar-refractivity contribution in [2.45, 2.75) is 62.8 Å². The average molecular weight is 475 g/mol. The van der Waals surface area contributed by atoms with E-state index in [2.05, 4.69) is 120 Å². The first-order valence-electron chi connectivity index (χ1n) is 12.9. The zero-order valence-corrected chi connectivity index (χ0v) is 21.2. The van der Waals surface area contributed by atoms with Crippen LogP contribution in [0.15, 0.2) is 104 Å². The number of hydrogen-bond acceptors (Lipinski definition) is 4. The molecule has 4 nitrogen and oxygen atoms in total. The van der Waals surface area contributed by atoms with Crippen LogP contribution in [0.4, 0.5) is 5.69 Å². The molecule has 0 saturated carbocycles. The summed E-state index contributed by atoms with van der Waals surface area (Å²) in [5, 5.41) is 9.73. The lowest BCUT2D eigenvalue weighted by atomic mass is 9.75. The topological polar surface area (TPSA) is 43.2 Å². The van der Waals surface area contributed by atoms with Crippen molar-refractivity contribution in [2.75, 3.05) is 4.90 Å². The Kier molecular flexibility index (Phi) is 6.76. The van der Waals surface area contributed by atoms with E-state index in [4.69, 9.17) is 0 Å². The molecule has 1 aromatic heterocycles. The third kappa shape index (κ3) is 4.14. The second kappa shape index (κ2) is 10.1. The number of nitrogens with zero attached hydrogens (tertiary/aromatic N) is 4. The van der Waals surface area contributed by atoms with Gasteiger partial charge in [-0.2, -0.15) is 5.26 Å². The molecular weight excluding hydrogens is 440 g/mol. The van der Waals surface area contributed by atoms with Crippen LogP contribution in [0.25, 0.3) is 5.57 Å². The summed E-state index contributed by atoms with van der Waals surface area (Å²) in [5.41, 5.74) is 3.75. The van der Waals surface area contributed by atoms with E-state index in [1.807, 2.05) is 12.1 Å². The second-order valence-electron chi connectivity index (χ2n) is 10.1. The van der Waals surface area contributed by atoms with Crippen LogP contribution in [0.3, 0.4) is 0 Å². The van der Waals surface area contributed by atoms with Crippen molar-refractivity contribution in [3.63, 3.8) is 0 Å². The highest BCUT2D eigenvalue weighted by Crippen LogP contribution is 2.45. The normalized spacial score (nSPS) is 30.0. The Morgan fingerprint density at radius 1 is 1.08 bits per heavy atom. The number of rotatable bonds is 5. The minimum atomic E-state index is -0.110. The van der Waals surface area contributed by atoms with Crippen LogP contribution in [0.2, 0.25) is 0 Å². The van der Waals surface area contributed by atoms with Crippen LogP contribution in [-0.2, 0) is 0 Å². The smallest absolute Gasteiger partial charge is 0.101 e. The third-order valence-corrected chi connectivity index (χ3v) is 7.90. The number of piperazine rings is 1. The second-order valence-corrected chi connectivity index (χ2v) is 10.1. The molecule has 2 aromatic rings. The lowest BCUT2D eigenvalue weighted by molar-refractivity contribution is 0.00890. The first kappa shape index (κ1) is 24.0. The third-order valence-electron chi connectivity index (χ3n) is 7.90. The largest absolute Gasteiger partial charge is 0.355 e. The molecule has 0 amide bonds. The van der Waals surface area contributed by atoms with Gasteiger partial charge in [-0.05, 0) is 62.9 Å². The maximum atomic E-state index is 9.73. The van der Waals surface area contributed by atoms with Crippen molar-refractivity contribution < 1.29 is 0 Å². The van der Waals surface area contributed by atoms with Crippen molar-refractivity contribution >= 4 is 11.3 Å². The Balaban J connectivity index is 1.59. The molecule has 1 fully saturated rings. The summed E-state index contributed by atoms with van der Waals surface area (Å²) in [7, 11) is 0.